The molecule has 1 saturated carbocycles. The summed E-state index contributed by atoms with van der Waals surface area (Å²) in [7, 11) is 8.18. The van der Waals surface area contributed by atoms with Crippen LogP contribution in [-0.2, 0) is 6.54 Å². The number of likely N-dealkylation sites (N-methyl/N-ethyl adjacent to an activating group) is 1. The Labute approximate surface area is 162 Å². The molecule has 1 atom stereocenters. The standard InChI is InChI=1S/C17H27ClN4.HI/c1-19-17(20-11-16(21(2)3)13-9-10-13)22(4)12-14-7-5-6-8-15(14)18;/h5-8,13,16H,9-12H2,1-4H3,(H,19,20);1H. The molecule has 0 aromatic heterocycles. The Hall–Kier alpha value is -0.530. The molecule has 23 heavy (non-hydrogen) atoms. The van der Waals surface area contributed by atoms with Crippen molar-refractivity contribution in [3.8, 4) is 0 Å². The van der Waals surface area contributed by atoms with E-state index in [1.54, 1.807) is 0 Å². The van der Waals surface area contributed by atoms with Gasteiger partial charge in [0.15, 0.2) is 5.96 Å². The predicted molar refractivity (Wildman–Crippen MR) is 110 cm³/mol. The molecule has 0 saturated heterocycles. The number of hydrogen-bond acceptors (Lipinski definition) is 2. The molecule has 1 aliphatic carbocycles. The Bertz CT molecular complexity index is 515. The fraction of sp³-hybridized carbons (Fsp3) is 0.588. The predicted octanol–water partition coefficient (Wildman–Crippen LogP) is 3.31. The molecule has 6 heteroatoms. The van der Waals surface area contributed by atoms with Crippen LogP contribution in [0.15, 0.2) is 29.3 Å². The van der Waals surface area contributed by atoms with Gasteiger partial charge in [-0.15, -0.1) is 24.0 Å². The smallest absolute Gasteiger partial charge is 0.193 e. The number of rotatable bonds is 6. The van der Waals surface area contributed by atoms with Crippen molar-refractivity contribution in [2.75, 3.05) is 34.7 Å². The fourth-order valence-electron chi connectivity index (χ4n) is 2.79. The normalized spacial score (nSPS) is 16.0. The summed E-state index contributed by atoms with van der Waals surface area (Å²) in [6, 6.07) is 8.52. The van der Waals surface area contributed by atoms with Crippen molar-refractivity contribution < 1.29 is 0 Å². The molecule has 1 aromatic rings. The van der Waals surface area contributed by atoms with E-state index < -0.39 is 0 Å². The lowest BCUT2D eigenvalue weighted by molar-refractivity contribution is 0.262. The van der Waals surface area contributed by atoms with E-state index in [2.05, 4.69) is 40.3 Å². The van der Waals surface area contributed by atoms with E-state index in [0.717, 1.165) is 35.6 Å². The second-order valence-corrected chi connectivity index (χ2v) is 6.65. The molecule has 2 rings (SSSR count). The van der Waals surface area contributed by atoms with Crippen LogP contribution in [0.3, 0.4) is 0 Å². The van der Waals surface area contributed by atoms with Crippen LogP contribution in [0.4, 0.5) is 0 Å². The third kappa shape index (κ3) is 6.12. The van der Waals surface area contributed by atoms with Crippen molar-refractivity contribution in [2.45, 2.75) is 25.4 Å². The van der Waals surface area contributed by atoms with Crippen molar-refractivity contribution in [1.82, 2.24) is 15.1 Å². The maximum Gasteiger partial charge on any atom is 0.193 e. The Morgan fingerprint density at radius 3 is 2.48 bits per heavy atom. The monoisotopic (exact) mass is 450 g/mol. The van der Waals surface area contributed by atoms with Crippen molar-refractivity contribution in [3.63, 3.8) is 0 Å². The molecule has 0 radical (unpaired) electrons. The summed E-state index contributed by atoms with van der Waals surface area (Å²) in [5.74, 6) is 1.74. The van der Waals surface area contributed by atoms with Crippen LogP contribution in [-0.4, -0.2) is 56.5 Å². The van der Waals surface area contributed by atoms with Crippen LogP contribution >= 0.6 is 35.6 Å². The highest BCUT2D eigenvalue weighted by molar-refractivity contribution is 14.0. The molecule has 1 fully saturated rings. The van der Waals surface area contributed by atoms with Crippen LogP contribution in [0.2, 0.25) is 5.02 Å². The van der Waals surface area contributed by atoms with Gasteiger partial charge >= 0.3 is 0 Å². The summed E-state index contributed by atoms with van der Waals surface area (Å²) >= 11 is 6.24. The Balaban J connectivity index is 0.00000264. The van der Waals surface area contributed by atoms with Gasteiger partial charge in [0.1, 0.15) is 0 Å². The molecule has 0 heterocycles. The summed E-state index contributed by atoms with van der Waals surface area (Å²) in [6.45, 7) is 1.67. The lowest BCUT2D eigenvalue weighted by Gasteiger charge is -2.28. The Kier molecular flexibility index (Phi) is 8.64. The first kappa shape index (κ1) is 20.5. The van der Waals surface area contributed by atoms with Gasteiger partial charge in [-0.3, -0.25) is 4.99 Å². The molecular formula is C17H28ClIN4. The van der Waals surface area contributed by atoms with Gasteiger partial charge in [0.2, 0.25) is 0 Å². The molecule has 4 nitrogen and oxygen atoms in total. The molecule has 130 valence electrons. The summed E-state index contributed by atoms with van der Waals surface area (Å²) < 4.78 is 0. The van der Waals surface area contributed by atoms with E-state index in [1.165, 1.54) is 12.8 Å². The largest absolute Gasteiger partial charge is 0.355 e. The first-order valence-corrected chi connectivity index (χ1v) is 8.22. The van der Waals surface area contributed by atoms with E-state index in [4.69, 9.17) is 11.6 Å². The molecule has 0 amide bonds. The zero-order chi connectivity index (χ0) is 16.1. The van der Waals surface area contributed by atoms with E-state index in [1.807, 2.05) is 32.3 Å². The van der Waals surface area contributed by atoms with Gasteiger partial charge < -0.3 is 15.1 Å². The van der Waals surface area contributed by atoms with Crippen molar-refractivity contribution >= 4 is 41.5 Å². The van der Waals surface area contributed by atoms with Gasteiger partial charge in [-0.25, -0.2) is 0 Å². The molecule has 1 aliphatic rings. The Morgan fingerprint density at radius 2 is 1.96 bits per heavy atom. The summed E-state index contributed by atoms with van der Waals surface area (Å²) in [6.07, 6.45) is 2.69. The van der Waals surface area contributed by atoms with Gasteiger partial charge in [0.05, 0.1) is 0 Å². The Morgan fingerprint density at radius 1 is 1.30 bits per heavy atom. The average Bonchev–Trinajstić information content (AvgIpc) is 3.30. The second kappa shape index (κ2) is 9.69. The third-order valence-electron chi connectivity index (χ3n) is 4.24. The molecule has 0 aliphatic heterocycles. The number of benzene rings is 1. The van der Waals surface area contributed by atoms with Gasteiger partial charge in [-0.1, -0.05) is 29.8 Å². The van der Waals surface area contributed by atoms with Gasteiger partial charge in [0, 0.05) is 38.2 Å². The number of halogens is 2. The lowest BCUT2D eigenvalue weighted by atomic mass is 10.1. The third-order valence-corrected chi connectivity index (χ3v) is 4.61. The zero-order valence-electron chi connectivity index (χ0n) is 14.4. The minimum atomic E-state index is 0. The number of guanidine groups is 1. The highest BCUT2D eigenvalue weighted by Gasteiger charge is 2.32. The maximum absolute atomic E-state index is 6.24. The van der Waals surface area contributed by atoms with E-state index in [0.29, 0.717) is 6.04 Å². The zero-order valence-corrected chi connectivity index (χ0v) is 17.5. The fourth-order valence-corrected chi connectivity index (χ4v) is 2.98. The van der Waals surface area contributed by atoms with Crippen LogP contribution in [0, 0.1) is 5.92 Å². The van der Waals surface area contributed by atoms with E-state index >= 15 is 0 Å². The number of aliphatic imine (C=N–C) groups is 1. The quantitative estimate of drug-likeness (QED) is 0.410. The van der Waals surface area contributed by atoms with Crippen LogP contribution in [0.5, 0.6) is 0 Å². The maximum atomic E-state index is 6.24. The molecule has 1 aromatic carbocycles. The van der Waals surface area contributed by atoms with Crippen LogP contribution in [0.25, 0.3) is 0 Å². The van der Waals surface area contributed by atoms with Crippen molar-refractivity contribution in [2.24, 2.45) is 10.9 Å². The SMILES string of the molecule is CN=C(NCC(C1CC1)N(C)C)N(C)Cc1ccccc1Cl.I. The number of nitrogens with one attached hydrogen (secondary N) is 1. The molecule has 1 N–H and O–H groups in total. The minimum absolute atomic E-state index is 0. The number of nitrogens with zero attached hydrogens (tertiary/aromatic N) is 3. The highest BCUT2D eigenvalue weighted by Crippen LogP contribution is 2.34. The highest BCUT2D eigenvalue weighted by atomic mass is 127. The molecule has 1 unspecified atom stereocenters. The average molecular weight is 451 g/mol. The summed E-state index contributed by atoms with van der Waals surface area (Å²) in [5, 5.41) is 4.30. The van der Waals surface area contributed by atoms with Crippen LogP contribution in [0.1, 0.15) is 18.4 Å². The second-order valence-electron chi connectivity index (χ2n) is 6.24. The first-order valence-electron chi connectivity index (χ1n) is 7.84. The van der Waals surface area contributed by atoms with Crippen molar-refractivity contribution in [3.05, 3.63) is 34.9 Å². The minimum Gasteiger partial charge on any atom is -0.355 e. The molecule has 0 spiro atoms. The summed E-state index contributed by atoms with van der Waals surface area (Å²) in [5.41, 5.74) is 1.11. The topological polar surface area (TPSA) is 30.9 Å². The van der Waals surface area contributed by atoms with Gasteiger partial charge in [-0.05, 0) is 44.5 Å². The summed E-state index contributed by atoms with van der Waals surface area (Å²) in [4.78, 5) is 8.82. The number of hydrogen-bond donors (Lipinski definition) is 1. The van der Waals surface area contributed by atoms with Gasteiger partial charge in [0.25, 0.3) is 0 Å². The van der Waals surface area contributed by atoms with Crippen LogP contribution < -0.4 is 5.32 Å². The molecule has 0 bridgehead atoms. The van der Waals surface area contributed by atoms with Gasteiger partial charge in [-0.2, -0.15) is 0 Å². The molecular weight excluding hydrogens is 423 g/mol. The lowest BCUT2D eigenvalue weighted by Crippen LogP contribution is -2.46. The van der Waals surface area contributed by atoms with E-state index in [-0.39, 0.29) is 24.0 Å². The van der Waals surface area contributed by atoms with E-state index in [9.17, 15) is 0 Å². The van der Waals surface area contributed by atoms with Crippen molar-refractivity contribution in [1.29, 1.82) is 0 Å². The first-order chi connectivity index (χ1) is 10.5.